The van der Waals surface area contributed by atoms with Crippen molar-refractivity contribution in [3.63, 3.8) is 0 Å². The van der Waals surface area contributed by atoms with Crippen molar-refractivity contribution < 1.29 is 23.1 Å². The lowest BCUT2D eigenvalue weighted by Crippen LogP contribution is -2.08. The summed E-state index contributed by atoms with van der Waals surface area (Å²) in [5.41, 5.74) is 0.985. The number of halogens is 3. The van der Waals surface area contributed by atoms with Gasteiger partial charge in [-0.25, -0.2) is 19.3 Å². The molecule has 28 heavy (non-hydrogen) atoms. The minimum Gasteiger partial charge on any atom is -0.477 e. The maximum atomic E-state index is 13.1. The van der Waals surface area contributed by atoms with E-state index in [9.17, 15) is 23.1 Å². The van der Waals surface area contributed by atoms with E-state index in [0.717, 1.165) is 16.1 Å². The zero-order valence-corrected chi connectivity index (χ0v) is 14.7. The third-order valence-electron chi connectivity index (χ3n) is 4.40. The van der Waals surface area contributed by atoms with E-state index < -0.39 is 17.8 Å². The van der Waals surface area contributed by atoms with Gasteiger partial charge in [0.15, 0.2) is 17.0 Å². The number of aromatic carboxylic acids is 1. The lowest BCUT2D eigenvalue weighted by Gasteiger charge is -2.07. The second kappa shape index (κ2) is 6.01. The van der Waals surface area contributed by atoms with Crippen molar-refractivity contribution >= 4 is 22.6 Å². The van der Waals surface area contributed by atoms with Crippen LogP contribution < -0.4 is 0 Å². The second-order valence-electron chi connectivity index (χ2n) is 6.45. The van der Waals surface area contributed by atoms with Crippen molar-refractivity contribution in [2.24, 2.45) is 0 Å². The molecule has 1 N–H and O–H groups in total. The molecule has 3 aromatic heterocycles. The molecule has 0 amide bonds. The van der Waals surface area contributed by atoms with Gasteiger partial charge in [0.2, 0.25) is 0 Å². The highest BCUT2D eigenvalue weighted by Gasteiger charge is 2.34. The Morgan fingerprint density at radius 2 is 1.75 bits per heavy atom. The molecule has 4 aromatic rings. The number of pyridine rings is 1. The SMILES string of the molecule is Cc1ccc(-c2cc(C(=O)O)n3nc4nc(C(F)(F)F)cc(C)c4c3n2)cc1. The van der Waals surface area contributed by atoms with Gasteiger partial charge in [0.05, 0.1) is 11.1 Å². The summed E-state index contributed by atoms with van der Waals surface area (Å²) in [5.74, 6) is -1.28. The maximum Gasteiger partial charge on any atom is 0.433 e. The molecule has 0 fully saturated rings. The first-order valence-electron chi connectivity index (χ1n) is 8.24. The summed E-state index contributed by atoms with van der Waals surface area (Å²) in [6.07, 6.45) is -4.63. The van der Waals surface area contributed by atoms with Crippen LogP contribution in [0.25, 0.3) is 27.9 Å². The number of rotatable bonds is 2. The zero-order chi connectivity index (χ0) is 20.2. The molecule has 0 spiro atoms. The smallest absolute Gasteiger partial charge is 0.433 e. The number of hydrogen-bond acceptors (Lipinski definition) is 4. The Morgan fingerprint density at radius 1 is 1.07 bits per heavy atom. The van der Waals surface area contributed by atoms with Crippen molar-refractivity contribution in [1.82, 2.24) is 19.6 Å². The van der Waals surface area contributed by atoms with Crippen molar-refractivity contribution in [3.8, 4) is 11.3 Å². The first kappa shape index (κ1) is 17.9. The van der Waals surface area contributed by atoms with E-state index in [4.69, 9.17) is 0 Å². The zero-order valence-electron chi connectivity index (χ0n) is 14.7. The first-order valence-corrected chi connectivity index (χ1v) is 8.24. The molecule has 0 saturated heterocycles. The summed E-state index contributed by atoms with van der Waals surface area (Å²) < 4.78 is 40.2. The number of aryl methyl sites for hydroxylation is 2. The van der Waals surface area contributed by atoms with E-state index in [2.05, 4.69) is 15.1 Å². The van der Waals surface area contributed by atoms with Crippen LogP contribution in [0, 0.1) is 13.8 Å². The highest BCUT2D eigenvalue weighted by atomic mass is 19.4. The minimum absolute atomic E-state index is 0.143. The Labute approximate surface area is 156 Å². The van der Waals surface area contributed by atoms with E-state index in [0.29, 0.717) is 11.3 Å². The number of carboxylic acid groups (broad SMARTS) is 1. The normalized spacial score (nSPS) is 12.0. The molecule has 0 radical (unpaired) electrons. The predicted molar refractivity (Wildman–Crippen MR) is 95.2 cm³/mol. The van der Waals surface area contributed by atoms with Crippen LogP contribution in [0.4, 0.5) is 13.2 Å². The molecule has 9 heteroatoms. The molecule has 0 aliphatic heterocycles. The summed E-state index contributed by atoms with van der Waals surface area (Å²) >= 11 is 0. The molecule has 0 aliphatic carbocycles. The van der Waals surface area contributed by atoms with E-state index in [1.165, 1.54) is 13.0 Å². The first-order chi connectivity index (χ1) is 13.1. The topological polar surface area (TPSA) is 80.4 Å². The van der Waals surface area contributed by atoms with Crippen LogP contribution in [0.2, 0.25) is 0 Å². The molecular formula is C19H13F3N4O2. The average Bonchev–Trinajstić information content (AvgIpc) is 2.99. The molecule has 4 rings (SSSR count). The third-order valence-corrected chi connectivity index (χ3v) is 4.40. The van der Waals surface area contributed by atoms with E-state index in [-0.39, 0.29) is 27.9 Å². The van der Waals surface area contributed by atoms with Gasteiger partial charge in [0, 0.05) is 5.56 Å². The molecule has 1 aromatic carbocycles. The molecule has 142 valence electrons. The highest BCUT2D eigenvalue weighted by molar-refractivity contribution is 5.96. The maximum absolute atomic E-state index is 13.1. The van der Waals surface area contributed by atoms with E-state index >= 15 is 0 Å². The Morgan fingerprint density at radius 3 is 2.36 bits per heavy atom. The lowest BCUT2D eigenvalue weighted by molar-refractivity contribution is -0.141. The number of nitrogens with zero attached hydrogens (tertiary/aromatic N) is 4. The van der Waals surface area contributed by atoms with Crippen molar-refractivity contribution in [1.29, 1.82) is 0 Å². The number of alkyl halides is 3. The largest absolute Gasteiger partial charge is 0.477 e. The number of hydrogen-bond donors (Lipinski definition) is 1. The van der Waals surface area contributed by atoms with Crippen molar-refractivity contribution in [3.05, 3.63) is 58.9 Å². The van der Waals surface area contributed by atoms with Gasteiger partial charge in [-0.3, -0.25) is 0 Å². The number of benzene rings is 1. The average molecular weight is 386 g/mol. The van der Waals surface area contributed by atoms with Gasteiger partial charge >= 0.3 is 12.1 Å². The van der Waals surface area contributed by atoms with E-state index in [1.54, 1.807) is 12.1 Å². The van der Waals surface area contributed by atoms with Crippen LogP contribution in [0.3, 0.4) is 0 Å². The molecule has 0 atom stereocenters. The molecule has 0 unspecified atom stereocenters. The van der Waals surface area contributed by atoms with Crippen LogP contribution in [0.15, 0.2) is 36.4 Å². The summed E-state index contributed by atoms with van der Waals surface area (Å²) in [6.45, 7) is 3.41. The van der Waals surface area contributed by atoms with Gasteiger partial charge in [-0.2, -0.15) is 13.2 Å². The molecule has 3 heterocycles. The molecule has 0 bridgehead atoms. The monoisotopic (exact) mass is 386 g/mol. The van der Waals surface area contributed by atoms with Gasteiger partial charge in [-0.15, -0.1) is 5.10 Å². The Kier molecular flexibility index (Phi) is 3.84. The Hall–Kier alpha value is -3.49. The summed E-state index contributed by atoms with van der Waals surface area (Å²) in [7, 11) is 0. The minimum atomic E-state index is -4.63. The molecule has 6 nitrogen and oxygen atoms in total. The quantitative estimate of drug-likeness (QED) is 0.556. The van der Waals surface area contributed by atoms with Crippen molar-refractivity contribution in [2.45, 2.75) is 20.0 Å². The standard InChI is InChI=1S/C19H13F3N4O2/c1-9-3-5-11(6-4-9)12-8-13(18(27)28)26-17(23-12)15-10(2)7-14(19(20,21)22)24-16(15)25-26/h3-8H,1-2H3,(H,27,28). The van der Waals surface area contributed by atoms with Gasteiger partial charge in [0.1, 0.15) is 5.69 Å². The number of carbonyl (C=O) groups is 1. The van der Waals surface area contributed by atoms with Crippen LogP contribution in [-0.4, -0.2) is 30.7 Å². The summed E-state index contributed by atoms with van der Waals surface area (Å²) in [6, 6.07) is 9.56. The number of aromatic nitrogens is 4. The number of carboxylic acids is 1. The Balaban J connectivity index is 2.07. The Bertz CT molecular complexity index is 1240. The van der Waals surface area contributed by atoms with Crippen LogP contribution >= 0.6 is 0 Å². The summed E-state index contributed by atoms with van der Waals surface area (Å²) in [5, 5.41) is 13.9. The van der Waals surface area contributed by atoms with Crippen LogP contribution in [0.5, 0.6) is 0 Å². The van der Waals surface area contributed by atoms with Gasteiger partial charge in [-0.05, 0) is 31.5 Å². The van der Waals surface area contributed by atoms with Gasteiger partial charge in [-0.1, -0.05) is 29.8 Å². The summed E-state index contributed by atoms with van der Waals surface area (Å²) in [4.78, 5) is 19.8. The number of fused-ring (bicyclic) bond motifs is 3. The van der Waals surface area contributed by atoms with E-state index in [1.807, 2.05) is 19.1 Å². The fraction of sp³-hybridized carbons (Fsp3) is 0.158. The second-order valence-corrected chi connectivity index (χ2v) is 6.45. The molecule has 0 saturated carbocycles. The van der Waals surface area contributed by atoms with Gasteiger partial charge < -0.3 is 5.11 Å². The fourth-order valence-corrected chi connectivity index (χ4v) is 3.03. The molecule has 0 aliphatic rings. The lowest BCUT2D eigenvalue weighted by atomic mass is 10.1. The third kappa shape index (κ3) is 2.84. The van der Waals surface area contributed by atoms with Crippen LogP contribution in [0.1, 0.15) is 27.3 Å². The highest BCUT2D eigenvalue weighted by Crippen LogP contribution is 2.32. The van der Waals surface area contributed by atoms with Crippen molar-refractivity contribution in [2.75, 3.05) is 0 Å². The van der Waals surface area contributed by atoms with Crippen LogP contribution in [-0.2, 0) is 6.18 Å². The molecular weight excluding hydrogens is 373 g/mol. The fourth-order valence-electron chi connectivity index (χ4n) is 3.03. The predicted octanol–water partition coefficient (Wildman–Crippen LogP) is 4.28. The van der Waals surface area contributed by atoms with Gasteiger partial charge in [0.25, 0.3) is 0 Å².